The minimum Gasteiger partial charge on any atom is -0.350 e. The Morgan fingerprint density at radius 3 is 2.38 bits per heavy atom. The Hall–Kier alpha value is -2.63. The van der Waals surface area contributed by atoms with E-state index in [1.807, 2.05) is 27.0 Å². The van der Waals surface area contributed by atoms with Crippen molar-refractivity contribution in [3.63, 3.8) is 0 Å². The fourth-order valence-corrected chi connectivity index (χ4v) is 2.35. The molecule has 0 aliphatic rings. The number of rotatable bonds is 6. The Morgan fingerprint density at radius 1 is 1.17 bits per heavy atom. The zero-order chi connectivity index (χ0) is 17.7. The molecule has 24 heavy (non-hydrogen) atoms. The third kappa shape index (κ3) is 4.22. The largest absolute Gasteiger partial charge is 0.350 e. The van der Waals surface area contributed by atoms with Crippen LogP contribution in [0.5, 0.6) is 0 Å². The first-order chi connectivity index (χ1) is 11.4. The summed E-state index contributed by atoms with van der Waals surface area (Å²) in [5, 5.41) is 2.75. The summed E-state index contributed by atoms with van der Waals surface area (Å²) >= 11 is 0. The Bertz CT molecular complexity index is 722. The maximum atomic E-state index is 12.9. The molecule has 0 saturated heterocycles. The predicted octanol–water partition coefficient (Wildman–Crippen LogP) is 2.25. The minimum absolute atomic E-state index is 0.0131. The van der Waals surface area contributed by atoms with Gasteiger partial charge < -0.3 is 14.8 Å². The predicted molar refractivity (Wildman–Crippen MR) is 90.0 cm³/mol. The van der Waals surface area contributed by atoms with Crippen molar-refractivity contribution in [3.05, 3.63) is 59.2 Å². The van der Waals surface area contributed by atoms with Crippen molar-refractivity contribution >= 4 is 11.8 Å². The molecule has 1 heterocycles. The molecule has 0 fully saturated rings. The Morgan fingerprint density at radius 2 is 1.83 bits per heavy atom. The summed E-state index contributed by atoms with van der Waals surface area (Å²) in [6, 6.07) is 9.56. The van der Waals surface area contributed by atoms with Gasteiger partial charge in [0.1, 0.15) is 11.5 Å². The van der Waals surface area contributed by atoms with Gasteiger partial charge in [0.2, 0.25) is 5.91 Å². The van der Waals surface area contributed by atoms with Crippen molar-refractivity contribution in [3.8, 4) is 0 Å². The normalized spacial score (nSPS) is 10.5. The minimum atomic E-state index is -0.314. The first-order valence-corrected chi connectivity index (χ1v) is 7.85. The molecule has 6 heteroatoms. The van der Waals surface area contributed by atoms with Crippen LogP contribution in [-0.4, -0.2) is 34.4 Å². The molecule has 0 bridgehead atoms. The molecule has 2 amide bonds. The van der Waals surface area contributed by atoms with Gasteiger partial charge in [0, 0.05) is 25.8 Å². The van der Waals surface area contributed by atoms with Gasteiger partial charge in [0.15, 0.2) is 0 Å². The molecular weight excluding hydrogens is 309 g/mol. The molecule has 2 rings (SSSR count). The molecule has 1 aromatic heterocycles. The number of hydrogen-bond donors (Lipinski definition) is 1. The maximum Gasteiger partial charge on any atom is 0.270 e. The number of carbonyl (C=O) groups is 2. The average Bonchev–Trinajstić information content (AvgIpc) is 2.91. The summed E-state index contributed by atoms with van der Waals surface area (Å²) in [6.45, 7) is 4.48. The SMILES string of the molecule is CCN(CC(=O)NCc1ccc(F)cc1)C(=O)c1ccc(C)n1C. The second kappa shape index (κ2) is 7.77. The van der Waals surface area contributed by atoms with E-state index in [0.717, 1.165) is 11.3 Å². The van der Waals surface area contributed by atoms with Crippen LogP contribution < -0.4 is 5.32 Å². The van der Waals surface area contributed by atoms with Gasteiger partial charge in [-0.1, -0.05) is 12.1 Å². The van der Waals surface area contributed by atoms with Gasteiger partial charge in [0.25, 0.3) is 5.91 Å². The summed E-state index contributed by atoms with van der Waals surface area (Å²) in [5.74, 6) is -0.740. The topological polar surface area (TPSA) is 54.3 Å². The standard InChI is InChI=1S/C18H22FN3O2/c1-4-22(18(24)16-10-5-13(2)21(16)3)12-17(23)20-11-14-6-8-15(19)9-7-14/h5-10H,4,11-12H2,1-3H3,(H,20,23). The smallest absolute Gasteiger partial charge is 0.270 e. The lowest BCUT2D eigenvalue weighted by molar-refractivity contribution is -0.121. The average molecular weight is 331 g/mol. The summed E-state index contributed by atoms with van der Waals surface area (Å²) in [5.41, 5.74) is 2.34. The molecule has 1 N–H and O–H groups in total. The maximum absolute atomic E-state index is 12.9. The van der Waals surface area contributed by atoms with Crippen molar-refractivity contribution in [1.82, 2.24) is 14.8 Å². The van der Waals surface area contributed by atoms with Crippen LogP contribution in [0.4, 0.5) is 4.39 Å². The Kier molecular flexibility index (Phi) is 5.73. The van der Waals surface area contributed by atoms with Gasteiger partial charge in [-0.25, -0.2) is 4.39 Å². The van der Waals surface area contributed by atoms with Crippen LogP contribution in [0.25, 0.3) is 0 Å². The molecule has 1 aromatic carbocycles. The Balaban J connectivity index is 1.94. The van der Waals surface area contributed by atoms with Gasteiger partial charge in [-0.2, -0.15) is 0 Å². The molecule has 128 valence electrons. The van der Waals surface area contributed by atoms with Gasteiger partial charge in [0.05, 0.1) is 6.54 Å². The van der Waals surface area contributed by atoms with E-state index in [2.05, 4.69) is 5.32 Å². The van der Waals surface area contributed by atoms with Gasteiger partial charge >= 0.3 is 0 Å². The first-order valence-electron chi connectivity index (χ1n) is 7.85. The van der Waals surface area contributed by atoms with Crippen LogP contribution in [0.2, 0.25) is 0 Å². The fraction of sp³-hybridized carbons (Fsp3) is 0.333. The third-order valence-corrected chi connectivity index (χ3v) is 4.00. The number of likely N-dealkylation sites (N-methyl/N-ethyl adjacent to an activating group) is 1. The quantitative estimate of drug-likeness (QED) is 0.883. The summed E-state index contributed by atoms with van der Waals surface area (Å²) in [6.07, 6.45) is 0. The number of benzene rings is 1. The van der Waals surface area contributed by atoms with Gasteiger partial charge in [-0.15, -0.1) is 0 Å². The van der Waals surface area contributed by atoms with Gasteiger partial charge in [-0.05, 0) is 43.7 Å². The molecule has 0 aliphatic heterocycles. The van der Waals surface area contributed by atoms with Crippen molar-refractivity contribution in [2.45, 2.75) is 20.4 Å². The molecule has 2 aromatic rings. The first kappa shape index (κ1) is 17.7. The van der Waals surface area contributed by atoms with Crippen LogP contribution in [0.3, 0.4) is 0 Å². The number of aryl methyl sites for hydroxylation is 1. The highest BCUT2D eigenvalue weighted by molar-refractivity contribution is 5.95. The van der Waals surface area contributed by atoms with Gasteiger partial charge in [-0.3, -0.25) is 9.59 Å². The molecule has 0 spiro atoms. The molecule has 0 saturated carbocycles. The van der Waals surface area contributed by atoms with E-state index < -0.39 is 0 Å². The number of aromatic nitrogens is 1. The number of nitrogens with one attached hydrogen (secondary N) is 1. The lowest BCUT2D eigenvalue weighted by Crippen LogP contribution is -2.41. The van der Waals surface area contributed by atoms with Crippen molar-refractivity contribution in [2.24, 2.45) is 7.05 Å². The molecular formula is C18H22FN3O2. The lowest BCUT2D eigenvalue weighted by Gasteiger charge is -2.21. The lowest BCUT2D eigenvalue weighted by atomic mass is 10.2. The second-order valence-electron chi connectivity index (χ2n) is 5.64. The zero-order valence-electron chi connectivity index (χ0n) is 14.2. The summed E-state index contributed by atoms with van der Waals surface area (Å²) in [4.78, 5) is 26.1. The van der Waals surface area contributed by atoms with Crippen molar-refractivity contribution < 1.29 is 14.0 Å². The van der Waals surface area contributed by atoms with Crippen LogP contribution in [0, 0.1) is 12.7 Å². The Labute approximate surface area is 141 Å². The molecule has 0 aliphatic carbocycles. The highest BCUT2D eigenvalue weighted by atomic mass is 19.1. The number of carbonyl (C=O) groups excluding carboxylic acids is 2. The van der Waals surface area contributed by atoms with Crippen molar-refractivity contribution in [2.75, 3.05) is 13.1 Å². The number of amides is 2. The van der Waals surface area contributed by atoms with E-state index in [-0.39, 0.29) is 24.2 Å². The van der Waals surface area contributed by atoms with E-state index >= 15 is 0 Å². The second-order valence-corrected chi connectivity index (χ2v) is 5.64. The molecule has 0 atom stereocenters. The van der Waals surface area contributed by atoms with Crippen molar-refractivity contribution in [1.29, 1.82) is 0 Å². The number of halogens is 1. The van der Waals surface area contributed by atoms with E-state index in [0.29, 0.717) is 18.8 Å². The molecule has 0 unspecified atom stereocenters. The number of nitrogens with zero attached hydrogens (tertiary/aromatic N) is 2. The molecule has 0 radical (unpaired) electrons. The van der Waals surface area contributed by atoms with E-state index in [1.54, 1.807) is 22.8 Å². The summed E-state index contributed by atoms with van der Waals surface area (Å²) < 4.78 is 14.7. The highest BCUT2D eigenvalue weighted by Crippen LogP contribution is 2.09. The van der Waals surface area contributed by atoms with Crippen LogP contribution >= 0.6 is 0 Å². The highest BCUT2D eigenvalue weighted by Gasteiger charge is 2.20. The van der Waals surface area contributed by atoms with Crippen LogP contribution in [0.1, 0.15) is 28.7 Å². The fourth-order valence-electron chi connectivity index (χ4n) is 2.35. The molecule has 5 nitrogen and oxygen atoms in total. The van der Waals surface area contributed by atoms with Crippen LogP contribution in [-0.2, 0) is 18.4 Å². The van der Waals surface area contributed by atoms with E-state index in [1.165, 1.54) is 17.0 Å². The van der Waals surface area contributed by atoms with E-state index in [4.69, 9.17) is 0 Å². The third-order valence-electron chi connectivity index (χ3n) is 4.00. The van der Waals surface area contributed by atoms with Crippen LogP contribution in [0.15, 0.2) is 36.4 Å². The zero-order valence-corrected chi connectivity index (χ0v) is 14.2. The number of hydrogen-bond acceptors (Lipinski definition) is 2. The summed E-state index contributed by atoms with van der Waals surface area (Å²) in [7, 11) is 1.82. The monoisotopic (exact) mass is 331 g/mol. The van der Waals surface area contributed by atoms with E-state index in [9.17, 15) is 14.0 Å².